The first-order chi connectivity index (χ1) is 14.1. The highest BCUT2D eigenvalue weighted by molar-refractivity contribution is 5.90. The molecule has 0 aliphatic heterocycles. The van der Waals surface area contributed by atoms with Crippen molar-refractivity contribution in [2.24, 2.45) is 0 Å². The summed E-state index contributed by atoms with van der Waals surface area (Å²) in [5.74, 6) is 1.98. The van der Waals surface area contributed by atoms with E-state index in [9.17, 15) is 4.79 Å². The molecule has 1 aromatic heterocycles. The Morgan fingerprint density at radius 1 is 0.897 bits per heavy atom. The van der Waals surface area contributed by atoms with Crippen molar-refractivity contribution in [3.8, 4) is 34.4 Å². The lowest BCUT2D eigenvalue weighted by Crippen LogP contribution is -2.06. The molecule has 152 valence electrons. The fraction of sp³-hybridized carbons (Fsp3) is 0.250. The number of nitrogens with zero attached hydrogens (tertiary/aromatic N) is 2. The lowest BCUT2D eigenvalue weighted by atomic mass is 10.2. The number of aromatic nitrogens is 2. The number of methoxy groups -OCH3 is 4. The topological polar surface area (TPSA) is 102 Å². The van der Waals surface area contributed by atoms with Gasteiger partial charge in [0.2, 0.25) is 5.82 Å². The molecule has 29 heavy (non-hydrogen) atoms. The smallest absolute Gasteiger partial charge is 0.338 e. The largest absolute Gasteiger partial charge is 0.497 e. The van der Waals surface area contributed by atoms with E-state index in [2.05, 4.69) is 10.1 Å². The van der Waals surface area contributed by atoms with Crippen molar-refractivity contribution in [2.45, 2.75) is 6.61 Å². The van der Waals surface area contributed by atoms with Crippen molar-refractivity contribution in [1.82, 2.24) is 10.1 Å². The molecule has 9 nitrogen and oxygen atoms in total. The van der Waals surface area contributed by atoms with Gasteiger partial charge < -0.3 is 28.2 Å². The average Bonchev–Trinajstić information content (AvgIpc) is 3.25. The van der Waals surface area contributed by atoms with Crippen LogP contribution in [0.4, 0.5) is 0 Å². The molecule has 3 rings (SSSR count). The average molecular weight is 400 g/mol. The van der Waals surface area contributed by atoms with Crippen LogP contribution in [0.1, 0.15) is 16.2 Å². The zero-order chi connectivity index (χ0) is 20.8. The molecule has 2 aromatic carbocycles. The van der Waals surface area contributed by atoms with Gasteiger partial charge in [0.1, 0.15) is 23.0 Å². The molecule has 0 aliphatic rings. The SMILES string of the molecule is COc1cc(OC)cc(C(=O)OCc2nc(-c3ccc(OC)cc3OC)no2)c1. The van der Waals surface area contributed by atoms with Crippen LogP contribution in [0.15, 0.2) is 40.9 Å². The van der Waals surface area contributed by atoms with Crippen molar-refractivity contribution in [3.63, 3.8) is 0 Å². The molecule has 1 heterocycles. The van der Waals surface area contributed by atoms with E-state index in [-0.39, 0.29) is 18.1 Å². The van der Waals surface area contributed by atoms with Crippen molar-refractivity contribution >= 4 is 5.97 Å². The second kappa shape index (κ2) is 8.96. The second-order valence-corrected chi connectivity index (χ2v) is 5.76. The number of rotatable bonds is 8. The van der Waals surface area contributed by atoms with Crippen molar-refractivity contribution in [1.29, 1.82) is 0 Å². The lowest BCUT2D eigenvalue weighted by Gasteiger charge is -2.08. The number of esters is 1. The highest BCUT2D eigenvalue weighted by atomic mass is 16.6. The van der Waals surface area contributed by atoms with Gasteiger partial charge in [0.15, 0.2) is 6.61 Å². The highest BCUT2D eigenvalue weighted by Gasteiger charge is 2.17. The molecule has 0 saturated heterocycles. The predicted molar refractivity (Wildman–Crippen MR) is 102 cm³/mol. The van der Waals surface area contributed by atoms with E-state index in [0.717, 1.165) is 0 Å². The summed E-state index contributed by atoms with van der Waals surface area (Å²) in [6, 6.07) is 9.97. The van der Waals surface area contributed by atoms with Gasteiger partial charge in [0.05, 0.1) is 39.6 Å². The van der Waals surface area contributed by atoms with Gasteiger partial charge >= 0.3 is 5.97 Å². The van der Waals surface area contributed by atoms with Crippen molar-refractivity contribution < 1.29 is 33.0 Å². The lowest BCUT2D eigenvalue weighted by molar-refractivity contribution is 0.0429. The normalized spacial score (nSPS) is 10.3. The Balaban J connectivity index is 1.72. The van der Waals surface area contributed by atoms with Gasteiger partial charge in [0.25, 0.3) is 5.89 Å². The summed E-state index contributed by atoms with van der Waals surface area (Å²) in [4.78, 5) is 16.6. The second-order valence-electron chi connectivity index (χ2n) is 5.76. The minimum atomic E-state index is -0.580. The van der Waals surface area contributed by atoms with Crippen LogP contribution in [0.5, 0.6) is 23.0 Å². The summed E-state index contributed by atoms with van der Waals surface area (Å²) >= 11 is 0. The van der Waals surface area contributed by atoms with Crippen LogP contribution in [0, 0.1) is 0 Å². The summed E-state index contributed by atoms with van der Waals surface area (Å²) in [5.41, 5.74) is 0.893. The number of benzene rings is 2. The van der Waals surface area contributed by atoms with E-state index in [1.165, 1.54) is 21.3 Å². The summed E-state index contributed by atoms with van der Waals surface area (Å²) < 4.78 is 31.3. The van der Waals surface area contributed by atoms with Gasteiger partial charge in [-0.1, -0.05) is 5.16 Å². The maximum absolute atomic E-state index is 12.3. The molecule has 0 aliphatic carbocycles. The standard InChI is InChI=1S/C20H20N2O7/c1-24-13-5-6-16(17(10-13)27-4)19-21-18(29-22-19)11-28-20(23)12-7-14(25-2)9-15(8-12)26-3/h5-10H,11H2,1-4H3. The maximum atomic E-state index is 12.3. The van der Waals surface area contributed by atoms with E-state index in [1.54, 1.807) is 43.5 Å². The Labute approximate surface area is 167 Å². The number of carbonyl (C=O) groups is 1. The Hall–Kier alpha value is -3.75. The van der Waals surface area contributed by atoms with E-state index < -0.39 is 5.97 Å². The molecule has 0 N–H and O–H groups in total. The van der Waals surface area contributed by atoms with E-state index >= 15 is 0 Å². The first kappa shape index (κ1) is 20.0. The van der Waals surface area contributed by atoms with Crippen LogP contribution in [0.2, 0.25) is 0 Å². The molecule has 3 aromatic rings. The third-order valence-corrected chi connectivity index (χ3v) is 4.03. The summed E-state index contributed by atoms with van der Waals surface area (Å²) in [5, 5.41) is 3.92. The molecular weight excluding hydrogens is 380 g/mol. The molecule has 0 amide bonds. The minimum absolute atomic E-state index is 0.140. The van der Waals surface area contributed by atoms with Crippen LogP contribution >= 0.6 is 0 Å². The molecule has 0 radical (unpaired) electrons. The van der Waals surface area contributed by atoms with E-state index in [4.69, 9.17) is 28.2 Å². The maximum Gasteiger partial charge on any atom is 0.338 e. The summed E-state index contributed by atoms with van der Waals surface area (Å²) in [6.07, 6.45) is 0. The molecule has 0 spiro atoms. The summed E-state index contributed by atoms with van der Waals surface area (Å²) in [6.45, 7) is -0.191. The Morgan fingerprint density at radius 2 is 1.59 bits per heavy atom. The monoisotopic (exact) mass is 400 g/mol. The predicted octanol–water partition coefficient (Wildman–Crippen LogP) is 3.13. The van der Waals surface area contributed by atoms with Gasteiger partial charge in [-0.3, -0.25) is 0 Å². The van der Waals surface area contributed by atoms with Gasteiger partial charge in [-0.05, 0) is 24.3 Å². The number of hydrogen-bond acceptors (Lipinski definition) is 9. The fourth-order valence-corrected chi connectivity index (χ4v) is 2.54. The van der Waals surface area contributed by atoms with Gasteiger partial charge in [-0.25, -0.2) is 4.79 Å². The third-order valence-electron chi connectivity index (χ3n) is 4.03. The fourth-order valence-electron chi connectivity index (χ4n) is 2.54. The Kier molecular flexibility index (Phi) is 6.18. The minimum Gasteiger partial charge on any atom is -0.497 e. The third kappa shape index (κ3) is 4.57. The first-order valence-electron chi connectivity index (χ1n) is 8.53. The molecule has 0 fully saturated rings. The Bertz CT molecular complexity index is 978. The van der Waals surface area contributed by atoms with Crippen LogP contribution in [-0.2, 0) is 11.3 Å². The highest BCUT2D eigenvalue weighted by Crippen LogP contribution is 2.31. The van der Waals surface area contributed by atoms with Crippen LogP contribution in [0.3, 0.4) is 0 Å². The zero-order valence-electron chi connectivity index (χ0n) is 16.4. The molecule has 0 unspecified atom stereocenters. The number of carbonyl (C=O) groups excluding carboxylic acids is 1. The van der Waals surface area contributed by atoms with Crippen molar-refractivity contribution in [2.75, 3.05) is 28.4 Å². The zero-order valence-corrected chi connectivity index (χ0v) is 16.4. The van der Waals surface area contributed by atoms with Crippen LogP contribution in [0.25, 0.3) is 11.4 Å². The van der Waals surface area contributed by atoms with Gasteiger partial charge in [-0.2, -0.15) is 4.98 Å². The first-order valence-corrected chi connectivity index (χ1v) is 8.53. The van der Waals surface area contributed by atoms with E-state index in [0.29, 0.717) is 34.4 Å². The number of hydrogen-bond donors (Lipinski definition) is 0. The molecular formula is C20H20N2O7. The van der Waals surface area contributed by atoms with Crippen LogP contribution < -0.4 is 18.9 Å². The summed E-state index contributed by atoms with van der Waals surface area (Å²) in [7, 11) is 6.09. The molecule has 0 saturated carbocycles. The molecule has 0 bridgehead atoms. The van der Waals surface area contributed by atoms with Crippen LogP contribution in [-0.4, -0.2) is 44.5 Å². The van der Waals surface area contributed by atoms with Crippen molar-refractivity contribution in [3.05, 3.63) is 47.9 Å². The quantitative estimate of drug-likeness (QED) is 0.528. The molecule has 0 atom stereocenters. The van der Waals surface area contributed by atoms with Gasteiger partial charge in [0, 0.05) is 12.1 Å². The molecule has 9 heteroatoms. The van der Waals surface area contributed by atoms with E-state index in [1.807, 2.05) is 0 Å². The Morgan fingerprint density at radius 3 is 2.21 bits per heavy atom. The number of ether oxygens (including phenoxy) is 5. The van der Waals surface area contributed by atoms with Gasteiger partial charge in [-0.15, -0.1) is 0 Å².